The van der Waals surface area contributed by atoms with Crippen molar-refractivity contribution in [2.45, 2.75) is 13.8 Å². The number of carbonyl (C=O) groups excluding carboxylic acids is 1. The van der Waals surface area contributed by atoms with Gasteiger partial charge in [-0.2, -0.15) is 5.10 Å². The van der Waals surface area contributed by atoms with E-state index in [2.05, 4.69) is 20.1 Å². The van der Waals surface area contributed by atoms with E-state index in [9.17, 15) is 4.79 Å². The molecule has 0 atom stereocenters. The average molecular weight is 348 g/mol. The Morgan fingerprint density at radius 3 is 2.65 bits per heavy atom. The number of aromatic nitrogens is 2. The van der Waals surface area contributed by atoms with Crippen LogP contribution in [0.1, 0.15) is 27.3 Å². The number of hydrogen-bond donors (Lipinski definition) is 1. The van der Waals surface area contributed by atoms with Crippen LogP contribution in [0.3, 0.4) is 0 Å². The number of nitrogens with zero attached hydrogens (tertiary/aromatic N) is 3. The molecule has 0 fully saturated rings. The van der Waals surface area contributed by atoms with E-state index in [1.165, 1.54) is 6.20 Å². The van der Waals surface area contributed by atoms with Crippen molar-refractivity contribution in [2.75, 3.05) is 7.11 Å². The Morgan fingerprint density at radius 2 is 2.00 bits per heavy atom. The highest BCUT2D eigenvalue weighted by molar-refractivity contribution is 5.94. The second-order valence-electron chi connectivity index (χ2n) is 5.80. The van der Waals surface area contributed by atoms with Gasteiger partial charge in [-0.25, -0.2) is 5.43 Å². The zero-order chi connectivity index (χ0) is 18.5. The van der Waals surface area contributed by atoms with Crippen LogP contribution in [0.4, 0.5) is 0 Å². The van der Waals surface area contributed by atoms with Gasteiger partial charge in [-0.1, -0.05) is 0 Å². The van der Waals surface area contributed by atoms with Crippen LogP contribution in [0, 0.1) is 13.8 Å². The van der Waals surface area contributed by atoms with Gasteiger partial charge < -0.3 is 9.30 Å². The van der Waals surface area contributed by atoms with Crippen LogP contribution in [-0.2, 0) is 0 Å². The zero-order valence-corrected chi connectivity index (χ0v) is 14.9. The van der Waals surface area contributed by atoms with E-state index < -0.39 is 0 Å². The first kappa shape index (κ1) is 17.4. The van der Waals surface area contributed by atoms with Gasteiger partial charge in [0.15, 0.2) is 0 Å². The summed E-state index contributed by atoms with van der Waals surface area (Å²) in [7, 11) is 1.65. The Balaban J connectivity index is 1.78. The summed E-state index contributed by atoms with van der Waals surface area (Å²) in [5, 5.41) is 4.07. The molecule has 1 aromatic carbocycles. The van der Waals surface area contributed by atoms with Gasteiger partial charge in [-0.3, -0.25) is 9.78 Å². The predicted octanol–water partition coefficient (Wildman–Crippen LogP) is 3.26. The fourth-order valence-electron chi connectivity index (χ4n) is 2.77. The molecule has 0 aliphatic carbocycles. The summed E-state index contributed by atoms with van der Waals surface area (Å²) in [5.41, 5.74) is 7.08. The van der Waals surface area contributed by atoms with E-state index in [1.54, 1.807) is 31.7 Å². The summed E-state index contributed by atoms with van der Waals surface area (Å²) in [5.74, 6) is 0.523. The van der Waals surface area contributed by atoms with Gasteiger partial charge in [0.25, 0.3) is 5.91 Å². The molecule has 0 aliphatic heterocycles. The second-order valence-corrected chi connectivity index (χ2v) is 5.80. The minimum atomic E-state index is -0.293. The normalized spacial score (nSPS) is 10.9. The lowest BCUT2D eigenvalue weighted by atomic mass is 10.2. The molecular weight excluding hydrogens is 328 g/mol. The molecule has 0 bridgehead atoms. The molecule has 2 aromatic heterocycles. The van der Waals surface area contributed by atoms with Gasteiger partial charge in [-0.05, 0) is 56.3 Å². The summed E-state index contributed by atoms with van der Waals surface area (Å²) in [6.45, 7) is 4.05. The third kappa shape index (κ3) is 3.64. The monoisotopic (exact) mass is 348 g/mol. The van der Waals surface area contributed by atoms with E-state index in [0.29, 0.717) is 5.56 Å². The first-order chi connectivity index (χ1) is 12.6. The fourth-order valence-corrected chi connectivity index (χ4v) is 2.77. The number of methoxy groups -OCH3 is 1. The lowest BCUT2D eigenvalue weighted by molar-refractivity contribution is 0.0955. The summed E-state index contributed by atoms with van der Waals surface area (Å²) in [6, 6.07) is 13.3. The van der Waals surface area contributed by atoms with Crippen LogP contribution >= 0.6 is 0 Å². The number of pyridine rings is 1. The van der Waals surface area contributed by atoms with Gasteiger partial charge in [0.2, 0.25) is 0 Å². The maximum absolute atomic E-state index is 12.0. The molecule has 1 amide bonds. The van der Waals surface area contributed by atoms with Crippen molar-refractivity contribution in [2.24, 2.45) is 5.10 Å². The molecule has 0 aliphatic rings. The van der Waals surface area contributed by atoms with Crippen LogP contribution in [0.25, 0.3) is 5.69 Å². The molecule has 3 rings (SSSR count). The molecule has 0 saturated heterocycles. The van der Waals surface area contributed by atoms with Gasteiger partial charge in [0, 0.05) is 35.0 Å². The van der Waals surface area contributed by atoms with Crippen molar-refractivity contribution in [1.29, 1.82) is 0 Å². The van der Waals surface area contributed by atoms with Gasteiger partial charge in [0.1, 0.15) is 5.75 Å². The highest BCUT2D eigenvalue weighted by atomic mass is 16.5. The highest BCUT2D eigenvalue weighted by Crippen LogP contribution is 2.21. The van der Waals surface area contributed by atoms with E-state index in [4.69, 9.17) is 4.74 Å². The zero-order valence-electron chi connectivity index (χ0n) is 14.9. The van der Waals surface area contributed by atoms with Crippen molar-refractivity contribution < 1.29 is 9.53 Å². The minimum absolute atomic E-state index is 0.293. The van der Waals surface area contributed by atoms with Crippen LogP contribution in [0.5, 0.6) is 5.75 Å². The van der Waals surface area contributed by atoms with Gasteiger partial charge >= 0.3 is 0 Å². The molecule has 3 aromatic rings. The SMILES string of the molecule is COc1ccc(-n2c(C)cc(/C=N/NC(=O)c3cccnc3)c2C)cc1. The Bertz CT molecular complexity index is 928. The first-order valence-electron chi connectivity index (χ1n) is 8.17. The van der Waals surface area contributed by atoms with Crippen molar-refractivity contribution in [3.8, 4) is 11.4 Å². The van der Waals surface area contributed by atoms with Gasteiger partial charge in [0.05, 0.1) is 18.9 Å². The van der Waals surface area contributed by atoms with E-state index >= 15 is 0 Å². The average Bonchev–Trinajstić information content (AvgIpc) is 2.96. The molecule has 0 unspecified atom stereocenters. The first-order valence-corrected chi connectivity index (χ1v) is 8.17. The number of benzene rings is 1. The summed E-state index contributed by atoms with van der Waals surface area (Å²) < 4.78 is 7.34. The molecule has 6 nitrogen and oxygen atoms in total. The largest absolute Gasteiger partial charge is 0.497 e. The molecule has 132 valence electrons. The highest BCUT2D eigenvalue weighted by Gasteiger charge is 2.10. The molecule has 0 radical (unpaired) electrons. The maximum atomic E-state index is 12.0. The maximum Gasteiger partial charge on any atom is 0.272 e. The Hall–Kier alpha value is -3.41. The van der Waals surface area contributed by atoms with Crippen LogP contribution in [0.15, 0.2) is 60.0 Å². The standard InChI is InChI=1S/C20H20N4O2/c1-14-11-17(13-22-23-20(25)16-5-4-10-21-12-16)15(2)24(14)18-6-8-19(26-3)9-7-18/h4-13H,1-3H3,(H,23,25)/b22-13+. The molecule has 0 saturated carbocycles. The smallest absolute Gasteiger partial charge is 0.272 e. The minimum Gasteiger partial charge on any atom is -0.497 e. The number of rotatable bonds is 5. The van der Waals surface area contributed by atoms with E-state index in [0.717, 1.165) is 28.4 Å². The van der Waals surface area contributed by atoms with Crippen molar-refractivity contribution in [1.82, 2.24) is 15.0 Å². The third-order valence-corrected chi connectivity index (χ3v) is 4.09. The Labute approximate surface area is 152 Å². The topological polar surface area (TPSA) is 68.5 Å². The van der Waals surface area contributed by atoms with E-state index in [-0.39, 0.29) is 5.91 Å². The van der Waals surface area contributed by atoms with Crippen molar-refractivity contribution in [3.05, 3.63) is 77.4 Å². The summed E-state index contributed by atoms with van der Waals surface area (Å²) in [6.07, 6.45) is 4.77. The van der Waals surface area contributed by atoms with Crippen molar-refractivity contribution in [3.63, 3.8) is 0 Å². The molecule has 26 heavy (non-hydrogen) atoms. The second kappa shape index (κ2) is 7.65. The molecular formula is C20H20N4O2. The number of hydrogen-bond acceptors (Lipinski definition) is 4. The number of ether oxygens (including phenoxy) is 1. The third-order valence-electron chi connectivity index (χ3n) is 4.09. The number of aryl methyl sites for hydroxylation is 1. The van der Waals surface area contributed by atoms with Crippen molar-refractivity contribution >= 4 is 12.1 Å². The molecule has 1 N–H and O–H groups in total. The van der Waals surface area contributed by atoms with E-state index in [1.807, 2.05) is 44.2 Å². The number of carbonyl (C=O) groups is 1. The van der Waals surface area contributed by atoms with Crippen LogP contribution < -0.4 is 10.2 Å². The quantitative estimate of drug-likeness (QED) is 0.568. The number of hydrazone groups is 1. The molecule has 0 spiro atoms. The van der Waals surface area contributed by atoms with Gasteiger partial charge in [-0.15, -0.1) is 0 Å². The number of amides is 1. The lowest BCUT2D eigenvalue weighted by Gasteiger charge is -2.10. The van der Waals surface area contributed by atoms with Crippen LogP contribution in [0.2, 0.25) is 0 Å². The predicted molar refractivity (Wildman–Crippen MR) is 101 cm³/mol. The summed E-state index contributed by atoms with van der Waals surface area (Å²) in [4.78, 5) is 15.9. The fraction of sp³-hybridized carbons (Fsp3) is 0.150. The lowest BCUT2D eigenvalue weighted by Crippen LogP contribution is -2.17. The Kier molecular flexibility index (Phi) is 5.12. The molecule has 2 heterocycles. The van der Waals surface area contributed by atoms with Crippen LogP contribution in [-0.4, -0.2) is 28.8 Å². The number of nitrogens with one attached hydrogen (secondary N) is 1. The Morgan fingerprint density at radius 1 is 1.23 bits per heavy atom. The summed E-state index contributed by atoms with van der Waals surface area (Å²) >= 11 is 0. The molecule has 6 heteroatoms.